The fraction of sp³-hybridized carbons (Fsp3) is 0.917. The Kier molecular flexibility index (Phi) is 4.15. The zero-order chi connectivity index (χ0) is 10.5. The van der Waals surface area contributed by atoms with Gasteiger partial charge in [-0.25, -0.2) is 0 Å². The van der Waals surface area contributed by atoms with Gasteiger partial charge in [0.2, 0.25) is 0 Å². The molecule has 2 rings (SSSR count). The zero-order valence-electron chi connectivity index (χ0n) is 9.53. The molecule has 0 saturated carbocycles. The van der Waals surface area contributed by atoms with E-state index in [4.69, 9.17) is 0 Å². The van der Waals surface area contributed by atoms with Gasteiger partial charge in [-0.15, -0.1) is 0 Å². The fourth-order valence-corrected chi connectivity index (χ4v) is 2.88. The van der Waals surface area contributed by atoms with Crippen LogP contribution in [0.1, 0.15) is 32.1 Å². The van der Waals surface area contributed by atoms with E-state index in [-0.39, 0.29) is 0 Å². The number of carbonyl (C=O) groups excluding carboxylic acids is 1. The van der Waals surface area contributed by atoms with Crippen molar-refractivity contribution in [2.24, 2.45) is 0 Å². The van der Waals surface area contributed by atoms with Crippen molar-refractivity contribution in [3.8, 4) is 0 Å². The molecule has 3 heteroatoms. The lowest BCUT2D eigenvalue weighted by atomic mass is 10.0. The van der Waals surface area contributed by atoms with Crippen LogP contribution in [0.2, 0.25) is 0 Å². The molecule has 3 nitrogen and oxygen atoms in total. The van der Waals surface area contributed by atoms with Gasteiger partial charge in [0.1, 0.15) is 6.29 Å². The number of piperidine rings is 2. The van der Waals surface area contributed by atoms with Crippen LogP contribution in [0.15, 0.2) is 0 Å². The number of hydrogen-bond donors (Lipinski definition) is 0. The summed E-state index contributed by atoms with van der Waals surface area (Å²) in [5.74, 6) is 0. The lowest BCUT2D eigenvalue weighted by Crippen LogP contribution is -2.49. The number of nitrogens with zero attached hydrogens (tertiary/aromatic N) is 2. The maximum Gasteiger partial charge on any atom is 0.133 e. The molecule has 2 aliphatic rings. The number of aldehydes is 1. The molecule has 2 heterocycles. The Balaban J connectivity index is 1.82. The molecule has 0 N–H and O–H groups in total. The molecule has 0 aromatic heterocycles. The number of rotatable bonds is 3. The number of hydrogen-bond acceptors (Lipinski definition) is 3. The summed E-state index contributed by atoms with van der Waals surface area (Å²) >= 11 is 0. The van der Waals surface area contributed by atoms with Gasteiger partial charge in [0.15, 0.2) is 0 Å². The minimum atomic E-state index is 0.629. The molecule has 2 saturated heterocycles. The molecule has 0 aromatic rings. The van der Waals surface area contributed by atoms with Crippen LogP contribution in [-0.2, 0) is 4.79 Å². The highest BCUT2D eigenvalue weighted by Crippen LogP contribution is 2.19. The van der Waals surface area contributed by atoms with Gasteiger partial charge in [-0.2, -0.15) is 0 Å². The average molecular weight is 210 g/mol. The first-order chi connectivity index (χ1) is 7.40. The summed E-state index contributed by atoms with van der Waals surface area (Å²) in [6, 6.07) is 0.721. The number of likely N-dealkylation sites (tertiary alicyclic amines) is 2. The molecule has 0 aliphatic carbocycles. The number of carbonyl (C=O) groups is 1. The largest absolute Gasteiger partial charge is 0.302 e. The molecule has 0 amide bonds. The van der Waals surface area contributed by atoms with Crippen LogP contribution < -0.4 is 0 Å². The zero-order valence-corrected chi connectivity index (χ0v) is 9.53. The molecule has 0 bridgehead atoms. The van der Waals surface area contributed by atoms with Crippen LogP contribution >= 0.6 is 0 Å². The molecule has 1 atom stereocenters. The Morgan fingerprint density at radius 2 is 1.87 bits per heavy atom. The van der Waals surface area contributed by atoms with Gasteiger partial charge in [0.05, 0.1) is 6.54 Å². The molecule has 86 valence electrons. The maximum atomic E-state index is 10.5. The standard InChI is InChI=1S/C12H22N2O/c15-10-9-13-6-4-5-12(11-13)14-7-2-1-3-8-14/h10,12H,1-9,11H2. The quantitative estimate of drug-likeness (QED) is 0.653. The summed E-state index contributed by atoms with van der Waals surface area (Å²) in [6.07, 6.45) is 7.76. The van der Waals surface area contributed by atoms with E-state index in [2.05, 4.69) is 9.80 Å². The second kappa shape index (κ2) is 5.61. The summed E-state index contributed by atoms with van der Waals surface area (Å²) in [5, 5.41) is 0. The lowest BCUT2D eigenvalue weighted by molar-refractivity contribution is -0.109. The van der Waals surface area contributed by atoms with E-state index in [0.717, 1.165) is 25.4 Å². The molecule has 1 unspecified atom stereocenters. The Bertz CT molecular complexity index is 202. The molecular weight excluding hydrogens is 188 g/mol. The molecule has 2 fully saturated rings. The first-order valence-corrected chi connectivity index (χ1v) is 6.30. The highest BCUT2D eigenvalue weighted by molar-refractivity contribution is 5.51. The SMILES string of the molecule is O=CCN1CCCC(N2CCCCC2)C1. The van der Waals surface area contributed by atoms with E-state index in [1.807, 2.05) is 0 Å². The smallest absolute Gasteiger partial charge is 0.133 e. The van der Waals surface area contributed by atoms with Gasteiger partial charge < -0.3 is 4.79 Å². The molecule has 2 aliphatic heterocycles. The van der Waals surface area contributed by atoms with Crippen LogP contribution in [0.25, 0.3) is 0 Å². The van der Waals surface area contributed by atoms with Crippen molar-refractivity contribution >= 4 is 6.29 Å². The predicted molar refractivity (Wildman–Crippen MR) is 61.0 cm³/mol. The van der Waals surface area contributed by atoms with E-state index < -0.39 is 0 Å². The second-order valence-electron chi connectivity index (χ2n) is 4.82. The Labute approximate surface area is 92.4 Å². The third kappa shape index (κ3) is 3.02. The van der Waals surface area contributed by atoms with Crippen LogP contribution in [-0.4, -0.2) is 54.9 Å². The van der Waals surface area contributed by atoms with Crippen molar-refractivity contribution in [3.63, 3.8) is 0 Å². The molecular formula is C12H22N2O. The minimum Gasteiger partial charge on any atom is -0.302 e. The van der Waals surface area contributed by atoms with Crippen LogP contribution in [0.5, 0.6) is 0 Å². The minimum absolute atomic E-state index is 0.629. The van der Waals surface area contributed by atoms with Crippen molar-refractivity contribution in [1.82, 2.24) is 9.80 Å². The molecule has 0 spiro atoms. The van der Waals surface area contributed by atoms with Crippen LogP contribution in [0, 0.1) is 0 Å². The third-order valence-electron chi connectivity index (χ3n) is 3.72. The maximum absolute atomic E-state index is 10.5. The third-order valence-corrected chi connectivity index (χ3v) is 3.72. The van der Waals surface area contributed by atoms with Gasteiger partial charge in [-0.3, -0.25) is 9.80 Å². The van der Waals surface area contributed by atoms with Crippen molar-refractivity contribution in [2.45, 2.75) is 38.1 Å². The van der Waals surface area contributed by atoms with Crippen molar-refractivity contribution < 1.29 is 4.79 Å². The summed E-state index contributed by atoms with van der Waals surface area (Å²) in [4.78, 5) is 15.4. The predicted octanol–water partition coefficient (Wildman–Crippen LogP) is 1.14. The Morgan fingerprint density at radius 3 is 2.60 bits per heavy atom. The van der Waals surface area contributed by atoms with E-state index in [1.54, 1.807) is 0 Å². The summed E-state index contributed by atoms with van der Waals surface area (Å²) in [6.45, 7) is 5.41. The highest BCUT2D eigenvalue weighted by atomic mass is 16.1. The summed E-state index contributed by atoms with van der Waals surface area (Å²) in [5.41, 5.74) is 0. The average Bonchev–Trinajstić information content (AvgIpc) is 2.31. The van der Waals surface area contributed by atoms with E-state index >= 15 is 0 Å². The fourth-order valence-electron chi connectivity index (χ4n) is 2.88. The lowest BCUT2D eigenvalue weighted by Gasteiger charge is -2.40. The Morgan fingerprint density at radius 1 is 1.07 bits per heavy atom. The van der Waals surface area contributed by atoms with Crippen LogP contribution in [0.4, 0.5) is 0 Å². The van der Waals surface area contributed by atoms with E-state index in [9.17, 15) is 4.79 Å². The van der Waals surface area contributed by atoms with Gasteiger partial charge >= 0.3 is 0 Å². The van der Waals surface area contributed by atoms with Crippen molar-refractivity contribution in [3.05, 3.63) is 0 Å². The van der Waals surface area contributed by atoms with Gasteiger partial charge in [-0.05, 0) is 45.3 Å². The summed E-state index contributed by atoms with van der Waals surface area (Å²) in [7, 11) is 0. The topological polar surface area (TPSA) is 23.6 Å². The Hall–Kier alpha value is -0.410. The summed E-state index contributed by atoms with van der Waals surface area (Å²) < 4.78 is 0. The van der Waals surface area contributed by atoms with E-state index in [0.29, 0.717) is 6.54 Å². The normalized spacial score (nSPS) is 30.3. The van der Waals surface area contributed by atoms with Gasteiger partial charge in [-0.1, -0.05) is 6.42 Å². The van der Waals surface area contributed by atoms with Crippen LogP contribution in [0.3, 0.4) is 0 Å². The monoisotopic (exact) mass is 210 g/mol. The molecule has 15 heavy (non-hydrogen) atoms. The van der Waals surface area contributed by atoms with Gasteiger partial charge in [0, 0.05) is 12.6 Å². The highest BCUT2D eigenvalue weighted by Gasteiger charge is 2.25. The second-order valence-corrected chi connectivity index (χ2v) is 4.82. The molecule has 0 radical (unpaired) electrons. The van der Waals surface area contributed by atoms with Crippen molar-refractivity contribution in [2.75, 3.05) is 32.7 Å². The first-order valence-electron chi connectivity index (χ1n) is 6.30. The van der Waals surface area contributed by atoms with Crippen molar-refractivity contribution in [1.29, 1.82) is 0 Å². The van der Waals surface area contributed by atoms with Gasteiger partial charge in [0.25, 0.3) is 0 Å². The first kappa shape index (κ1) is 11.1. The molecule has 0 aromatic carbocycles. The van der Waals surface area contributed by atoms with E-state index in [1.165, 1.54) is 45.2 Å².